The second-order valence-corrected chi connectivity index (χ2v) is 3.08. The molecule has 82 valence electrons. The minimum absolute atomic E-state index is 0.160. The van der Waals surface area contributed by atoms with Crippen molar-refractivity contribution in [1.29, 1.82) is 0 Å². The number of hydrogen-bond acceptors (Lipinski definition) is 3. The first kappa shape index (κ1) is 11.6. The second kappa shape index (κ2) is 6.10. The van der Waals surface area contributed by atoms with Gasteiger partial charge in [0.05, 0.1) is 0 Å². The number of anilines is 1. The predicted octanol–water partition coefficient (Wildman–Crippen LogP) is 1.26. The molecule has 0 aromatic heterocycles. The molecular weight excluding hydrogens is 218 g/mol. The van der Waals surface area contributed by atoms with Gasteiger partial charge in [0.2, 0.25) is 0 Å². The van der Waals surface area contributed by atoms with Crippen LogP contribution in [-0.2, 0) is 0 Å². The number of carbonyl (C=O) groups is 1. The van der Waals surface area contributed by atoms with Crippen molar-refractivity contribution in [2.75, 3.05) is 18.4 Å². The fraction of sp³-hybridized carbons (Fsp3) is 0.222. The summed E-state index contributed by atoms with van der Waals surface area (Å²) in [7, 11) is 0. The monoisotopic (exact) mass is 229 g/mol. The van der Waals surface area contributed by atoms with E-state index in [2.05, 4.69) is 15.5 Å². The van der Waals surface area contributed by atoms with Crippen molar-refractivity contribution in [3.63, 3.8) is 0 Å². The van der Waals surface area contributed by atoms with Crippen LogP contribution in [0.4, 0.5) is 10.5 Å². The van der Waals surface area contributed by atoms with Gasteiger partial charge in [0, 0.05) is 18.8 Å². The number of nitrogens with one attached hydrogen (secondary N) is 3. The Hall–Kier alpha value is -1.46. The second-order valence-electron chi connectivity index (χ2n) is 2.81. The summed E-state index contributed by atoms with van der Waals surface area (Å²) in [6, 6.07) is 5.89. The molecule has 15 heavy (non-hydrogen) atoms. The molecule has 0 atom stereocenters. The summed E-state index contributed by atoms with van der Waals surface area (Å²) in [6.07, 6.45) is 0. The van der Waals surface area contributed by atoms with Crippen LogP contribution in [0.5, 0.6) is 5.75 Å². The van der Waals surface area contributed by atoms with Crippen LogP contribution in [0.1, 0.15) is 0 Å². The van der Waals surface area contributed by atoms with Crippen molar-refractivity contribution in [1.82, 2.24) is 10.2 Å². The molecule has 6 heteroatoms. The van der Waals surface area contributed by atoms with E-state index in [4.69, 9.17) is 16.9 Å². The minimum Gasteiger partial charge on any atom is -0.508 e. The number of benzene rings is 1. The highest BCUT2D eigenvalue weighted by atomic mass is 35.5. The number of urea groups is 1. The average Bonchev–Trinajstić information content (AvgIpc) is 2.22. The van der Waals surface area contributed by atoms with Gasteiger partial charge in [-0.25, -0.2) is 9.63 Å². The molecule has 0 radical (unpaired) electrons. The number of amides is 2. The number of aromatic hydroxyl groups is 1. The summed E-state index contributed by atoms with van der Waals surface area (Å²) in [4.78, 5) is 13.6. The summed E-state index contributed by atoms with van der Waals surface area (Å²) >= 11 is 5.21. The Morgan fingerprint density at radius 3 is 2.53 bits per heavy atom. The highest BCUT2D eigenvalue weighted by Gasteiger charge is 1.99. The molecule has 0 unspecified atom stereocenters. The molecule has 5 nitrogen and oxygen atoms in total. The van der Waals surface area contributed by atoms with Gasteiger partial charge in [0.15, 0.2) is 0 Å². The van der Waals surface area contributed by atoms with E-state index in [0.29, 0.717) is 18.8 Å². The first-order chi connectivity index (χ1) is 7.22. The fourth-order valence-corrected chi connectivity index (χ4v) is 1.04. The molecule has 1 aromatic rings. The molecule has 4 N–H and O–H groups in total. The van der Waals surface area contributed by atoms with Crippen LogP contribution < -0.4 is 15.5 Å². The van der Waals surface area contributed by atoms with Gasteiger partial charge in [0.25, 0.3) is 0 Å². The number of halogens is 1. The third-order valence-corrected chi connectivity index (χ3v) is 1.82. The lowest BCUT2D eigenvalue weighted by Gasteiger charge is -2.06. The number of rotatable bonds is 4. The highest BCUT2D eigenvalue weighted by molar-refractivity contribution is 6.13. The molecular formula is C9H12ClN3O2. The van der Waals surface area contributed by atoms with Crippen molar-refractivity contribution in [2.45, 2.75) is 0 Å². The normalized spacial score (nSPS) is 9.67. The Bertz CT molecular complexity index is 316. The molecule has 0 bridgehead atoms. The van der Waals surface area contributed by atoms with E-state index in [-0.39, 0.29) is 11.8 Å². The number of carbonyl (C=O) groups excluding carboxylic acids is 1. The topological polar surface area (TPSA) is 73.4 Å². The van der Waals surface area contributed by atoms with Crippen LogP contribution >= 0.6 is 11.8 Å². The zero-order valence-electron chi connectivity index (χ0n) is 7.96. The Morgan fingerprint density at radius 2 is 1.93 bits per heavy atom. The Morgan fingerprint density at radius 1 is 1.27 bits per heavy atom. The molecule has 0 aliphatic heterocycles. The van der Waals surface area contributed by atoms with E-state index >= 15 is 0 Å². The van der Waals surface area contributed by atoms with Crippen molar-refractivity contribution < 1.29 is 9.90 Å². The van der Waals surface area contributed by atoms with E-state index in [1.54, 1.807) is 12.1 Å². The number of phenolic OH excluding ortho intramolecular Hbond substituents is 1. The van der Waals surface area contributed by atoms with E-state index in [1.165, 1.54) is 12.1 Å². The number of hydrogen-bond donors (Lipinski definition) is 4. The van der Waals surface area contributed by atoms with Crippen LogP contribution in [0.3, 0.4) is 0 Å². The van der Waals surface area contributed by atoms with Crippen LogP contribution in [0.25, 0.3) is 0 Å². The summed E-state index contributed by atoms with van der Waals surface area (Å²) in [6.45, 7) is 0.929. The maximum absolute atomic E-state index is 11.2. The zero-order valence-corrected chi connectivity index (χ0v) is 8.71. The van der Waals surface area contributed by atoms with Gasteiger partial charge in [-0.15, -0.1) is 0 Å². The molecule has 0 saturated heterocycles. The standard InChI is InChI=1S/C9H12ClN3O2/c10-12-6-5-11-9(15)13-7-1-3-8(14)4-2-7/h1-4,12,14H,5-6H2,(H2,11,13,15). The molecule has 0 heterocycles. The SMILES string of the molecule is O=C(NCCNCl)Nc1ccc(O)cc1. The van der Waals surface area contributed by atoms with Gasteiger partial charge in [-0.2, -0.15) is 0 Å². The van der Waals surface area contributed by atoms with Gasteiger partial charge in [-0.3, -0.25) is 0 Å². The molecule has 1 rings (SSSR count). The summed E-state index contributed by atoms with van der Waals surface area (Å²) < 4.78 is 0. The van der Waals surface area contributed by atoms with Gasteiger partial charge < -0.3 is 15.7 Å². The molecule has 1 aromatic carbocycles. The molecule has 0 aliphatic rings. The fourth-order valence-electron chi connectivity index (χ4n) is 0.943. The average molecular weight is 230 g/mol. The predicted molar refractivity (Wildman–Crippen MR) is 59.0 cm³/mol. The maximum Gasteiger partial charge on any atom is 0.319 e. The van der Waals surface area contributed by atoms with E-state index in [9.17, 15) is 4.79 Å². The Labute approximate surface area is 92.5 Å². The van der Waals surface area contributed by atoms with Gasteiger partial charge >= 0.3 is 6.03 Å². The Balaban J connectivity index is 2.34. The highest BCUT2D eigenvalue weighted by Crippen LogP contribution is 2.13. The van der Waals surface area contributed by atoms with Gasteiger partial charge in [-0.1, -0.05) is 0 Å². The van der Waals surface area contributed by atoms with Crippen LogP contribution in [0.2, 0.25) is 0 Å². The molecule has 0 fully saturated rings. The number of phenols is 1. The van der Waals surface area contributed by atoms with Crippen LogP contribution in [0, 0.1) is 0 Å². The van der Waals surface area contributed by atoms with Gasteiger partial charge in [0.1, 0.15) is 5.75 Å². The zero-order chi connectivity index (χ0) is 11.1. The third kappa shape index (κ3) is 4.53. The first-order valence-electron chi connectivity index (χ1n) is 4.40. The van der Waals surface area contributed by atoms with Crippen molar-refractivity contribution in [2.24, 2.45) is 0 Å². The molecule has 0 saturated carbocycles. The first-order valence-corrected chi connectivity index (χ1v) is 4.77. The summed E-state index contributed by atoms with van der Waals surface area (Å²) in [5.74, 6) is 0.160. The lowest BCUT2D eigenvalue weighted by molar-refractivity contribution is 0.252. The maximum atomic E-state index is 11.2. The van der Waals surface area contributed by atoms with E-state index in [0.717, 1.165) is 0 Å². The van der Waals surface area contributed by atoms with Crippen molar-refractivity contribution in [3.05, 3.63) is 24.3 Å². The third-order valence-electron chi connectivity index (χ3n) is 1.63. The molecule has 2 amide bonds. The van der Waals surface area contributed by atoms with Crippen molar-refractivity contribution in [3.8, 4) is 5.75 Å². The van der Waals surface area contributed by atoms with Gasteiger partial charge in [-0.05, 0) is 36.0 Å². The van der Waals surface area contributed by atoms with Crippen molar-refractivity contribution >= 4 is 23.5 Å². The Kier molecular flexibility index (Phi) is 4.73. The largest absolute Gasteiger partial charge is 0.508 e. The molecule has 0 spiro atoms. The summed E-state index contributed by atoms with van der Waals surface area (Å²) in [5, 5.41) is 14.2. The quantitative estimate of drug-likeness (QED) is 0.357. The lowest BCUT2D eigenvalue weighted by Crippen LogP contribution is -2.32. The molecule has 0 aliphatic carbocycles. The lowest BCUT2D eigenvalue weighted by atomic mass is 10.3. The minimum atomic E-state index is -0.312. The van der Waals surface area contributed by atoms with Crippen LogP contribution in [-0.4, -0.2) is 24.2 Å². The van der Waals surface area contributed by atoms with E-state index < -0.39 is 0 Å². The summed E-state index contributed by atoms with van der Waals surface area (Å²) in [5.41, 5.74) is 0.615. The van der Waals surface area contributed by atoms with E-state index in [1.807, 2.05) is 0 Å². The van der Waals surface area contributed by atoms with Crippen LogP contribution in [0.15, 0.2) is 24.3 Å². The smallest absolute Gasteiger partial charge is 0.319 e.